The fourth-order valence-corrected chi connectivity index (χ4v) is 14.8. The van der Waals surface area contributed by atoms with Crippen LogP contribution in [0.3, 0.4) is 0 Å². The molecule has 0 amide bonds. The average molecular weight is 715 g/mol. The molecular weight excluding hydrogens is 674 g/mol. The van der Waals surface area contributed by atoms with Crippen molar-refractivity contribution in [2.45, 2.75) is 96.4 Å². The summed E-state index contributed by atoms with van der Waals surface area (Å²) in [6.45, 7) is 11.2. The second-order valence-electron chi connectivity index (χ2n) is 11.3. The third-order valence-electron chi connectivity index (χ3n) is 7.49. The molecule has 6 rings (SSSR count). The van der Waals surface area contributed by atoms with Crippen LogP contribution in [0.15, 0.2) is 60.7 Å². The first kappa shape index (κ1) is 29.3. The summed E-state index contributed by atoms with van der Waals surface area (Å²) in [5.74, 6) is 3.00. The van der Waals surface area contributed by atoms with Crippen LogP contribution in [-0.4, -0.2) is 6.22 Å². The van der Waals surface area contributed by atoms with E-state index in [1.807, 2.05) is 0 Å². The molecule has 4 heteroatoms. The maximum absolute atomic E-state index is 5.65. The minimum absolute atomic E-state index is 0.643. The van der Waals surface area contributed by atoms with E-state index in [2.05, 4.69) is 95.3 Å². The summed E-state index contributed by atoms with van der Waals surface area (Å²) in [6.07, 6.45) is 7.74. The predicted molar refractivity (Wildman–Crippen MR) is 164 cm³/mol. The van der Waals surface area contributed by atoms with Crippen molar-refractivity contribution in [3.8, 4) is 0 Å². The number of fused-ring (bicyclic) bond motifs is 2. The SMILES string of the molecule is CC(C)c1cc2c(C3CC3)cccc2[cH-]1.CC(C)c1cc2c(C3CC3)cccc2[cH-]1.CCC[Si]=[Hf]([Cl])[Cl]. The maximum atomic E-state index is 5.65. The number of hydrogen-bond acceptors (Lipinski definition) is 0. The first-order valence-corrected chi connectivity index (χ1v) is 29.6. The molecule has 2 aliphatic rings. The topological polar surface area (TPSA) is 0 Å². The molecule has 0 unspecified atom stereocenters. The van der Waals surface area contributed by atoms with Crippen molar-refractivity contribution >= 4 is 44.9 Å². The van der Waals surface area contributed by atoms with Crippen LogP contribution >= 0.6 is 17.2 Å². The molecule has 0 aliphatic heterocycles. The molecule has 0 heterocycles. The van der Waals surface area contributed by atoms with Crippen molar-refractivity contribution in [1.29, 1.82) is 0 Å². The van der Waals surface area contributed by atoms with Gasteiger partial charge in [-0.15, -0.1) is 69.1 Å². The Morgan fingerprint density at radius 1 is 0.784 bits per heavy atom. The van der Waals surface area contributed by atoms with Crippen molar-refractivity contribution in [2.75, 3.05) is 0 Å². The van der Waals surface area contributed by atoms with Crippen LogP contribution in [0.1, 0.15) is 113 Å². The van der Waals surface area contributed by atoms with Gasteiger partial charge in [-0.1, -0.05) is 51.0 Å². The van der Waals surface area contributed by atoms with Gasteiger partial charge in [0.1, 0.15) is 0 Å². The Labute approximate surface area is 240 Å². The molecule has 0 spiro atoms. The third kappa shape index (κ3) is 8.16. The van der Waals surface area contributed by atoms with Gasteiger partial charge in [0.25, 0.3) is 0 Å². The van der Waals surface area contributed by atoms with E-state index in [4.69, 9.17) is 17.2 Å². The van der Waals surface area contributed by atoms with Crippen LogP contribution in [0.2, 0.25) is 6.04 Å². The first-order chi connectivity index (χ1) is 17.8. The van der Waals surface area contributed by atoms with Gasteiger partial charge >= 0.3 is 60.5 Å². The molecule has 0 N–H and O–H groups in total. The fourth-order valence-electron chi connectivity index (χ4n) is 4.95. The van der Waals surface area contributed by atoms with Crippen LogP contribution in [0.5, 0.6) is 0 Å². The molecule has 2 aliphatic carbocycles. The zero-order valence-electron chi connectivity index (χ0n) is 23.1. The van der Waals surface area contributed by atoms with Crippen molar-refractivity contribution in [2.24, 2.45) is 0 Å². The van der Waals surface area contributed by atoms with Gasteiger partial charge in [0.05, 0.1) is 0 Å². The van der Waals surface area contributed by atoms with Gasteiger partial charge in [0.15, 0.2) is 0 Å². The van der Waals surface area contributed by atoms with Crippen LogP contribution in [-0.2, 0) is 17.7 Å². The zero-order chi connectivity index (χ0) is 26.5. The number of hydrogen-bond donors (Lipinski definition) is 0. The van der Waals surface area contributed by atoms with E-state index in [9.17, 15) is 0 Å². The second-order valence-corrected chi connectivity index (χ2v) is 34.9. The number of benzene rings is 2. The van der Waals surface area contributed by atoms with Crippen LogP contribution < -0.4 is 0 Å². The summed E-state index contributed by atoms with van der Waals surface area (Å²) in [6, 6.07) is 24.3. The fraction of sp³-hybridized carbons (Fsp3) is 0.455. The van der Waals surface area contributed by atoms with Gasteiger partial charge < -0.3 is 0 Å². The van der Waals surface area contributed by atoms with E-state index < -0.39 is 17.7 Å². The molecule has 2 saturated carbocycles. The Kier molecular flexibility index (Phi) is 10.8. The van der Waals surface area contributed by atoms with Crippen LogP contribution in [0.4, 0.5) is 0 Å². The van der Waals surface area contributed by atoms with E-state index in [0.717, 1.165) is 18.1 Å². The van der Waals surface area contributed by atoms with E-state index >= 15 is 0 Å². The zero-order valence-corrected chi connectivity index (χ0v) is 29.2. The molecular formula is C33H41Cl2HfSi-2. The average Bonchev–Trinajstić information content (AvgIpc) is 3.80. The molecule has 4 aromatic carbocycles. The first-order valence-electron chi connectivity index (χ1n) is 14.1. The third-order valence-corrected chi connectivity index (χ3v) is 20.6. The van der Waals surface area contributed by atoms with E-state index in [1.54, 1.807) is 11.1 Å². The van der Waals surface area contributed by atoms with Gasteiger partial charge in [-0.3, -0.25) is 0 Å². The Bertz CT molecular complexity index is 1240. The van der Waals surface area contributed by atoms with Crippen LogP contribution in [0.25, 0.3) is 21.5 Å². The Balaban J connectivity index is 0.000000140. The van der Waals surface area contributed by atoms with Crippen molar-refractivity contribution in [1.82, 2.24) is 0 Å². The summed E-state index contributed by atoms with van der Waals surface area (Å²) in [5.41, 5.74) is 6.13. The molecule has 0 atom stereocenters. The Morgan fingerprint density at radius 3 is 1.51 bits per heavy atom. The van der Waals surface area contributed by atoms with Gasteiger partial charge in [-0.05, 0) is 49.4 Å². The summed E-state index contributed by atoms with van der Waals surface area (Å²) in [4.78, 5) is 0. The molecule has 4 aromatic rings. The van der Waals surface area contributed by atoms with Gasteiger partial charge in [0.2, 0.25) is 0 Å². The summed E-state index contributed by atoms with van der Waals surface area (Å²) in [5, 5.41) is 5.87. The standard InChI is InChI=1S/2C15H17.C3H7Si.2ClH.Hf/c2*1-10(2)13-8-12-4-3-5-14(11-6-7-11)15(12)9-13;1-2-3-4;;;/h2*3-5,8-11H,6-7H2,1-2H3;2-3H2,1H3;2*1H;/q2*-1;;;;+2/p-2. The second kappa shape index (κ2) is 13.6. The Hall–Kier alpha value is -0.673. The van der Waals surface area contributed by atoms with Gasteiger partial charge in [0, 0.05) is 0 Å². The molecule has 1 radical (unpaired) electrons. The summed E-state index contributed by atoms with van der Waals surface area (Å²) >= 11 is -1.80. The molecule has 197 valence electrons. The summed E-state index contributed by atoms with van der Waals surface area (Å²) < 4.78 is 0. The molecule has 0 aromatic heterocycles. The molecule has 37 heavy (non-hydrogen) atoms. The quantitative estimate of drug-likeness (QED) is 0.138. The summed E-state index contributed by atoms with van der Waals surface area (Å²) in [7, 11) is 11.3. The molecule has 2 fully saturated rings. The Morgan fingerprint density at radius 2 is 1.22 bits per heavy atom. The van der Waals surface area contributed by atoms with E-state index in [1.165, 1.54) is 70.8 Å². The van der Waals surface area contributed by atoms with Gasteiger partial charge in [-0.25, -0.2) is 0 Å². The molecule has 0 saturated heterocycles. The molecule has 0 bridgehead atoms. The van der Waals surface area contributed by atoms with E-state index in [-0.39, 0.29) is 0 Å². The van der Waals surface area contributed by atoms with Gasteiger partial charge in [-0.2, -0.15) is 12.1 Å². The monoisotopic (exact) mass is 715 g/mol. The van der Waals surface area contributed by atoms with Crippen LogP contribution in [0, 0.1) is 0 Å². The normalized spacial score (nSPS) is 14.9. The van der Waals surface area contributed by atoms with Crippen molar-refractivity contribution in [3.05, 3.63) is 82.9 Å². The van der Waals surface area contributed by atoms with Crippen molar-refractivity contribution < 1.29 is 17.7 Å². The number of rotatable bonds is 6. The number of halogens is 2. The minimum atomic E-state index is -1.80. The molecule has 0 nitrogen and oxygen atoms in total. The van der Waals surface area contributed by atoms with Crippen molar-refractivity contribution in [3.63, 3.8) is 0 Å². The van der Waals surface area contributed by atoms with E-state index in [0.29, 0.717) is 11.8 Å². The predicted octanol–water partition coefficient (Wildman–Crippen LogP) is 11.5.